The van der Waals surface area contributed by atoms with Gasteiger partial charge in [0, 0.05) is 41.5 Å². The molecule has 1 unspecified atom stereocenters. The maximum Gasteiger partial charge on any atom is 0.0359 e. The molecular formula is C16H20N2S. The second-order valence-corrected chi connectivity index (χ2v) is 6.04. The van der Waals surface area contributed by atoms with Crippen molar-refractivity contribution >= 4 is 11.8 Å². The molecule has 0 radical (unpaired) electrons. The molecule has 3 heteroatoms. The number of hydrogen-bond acceptors (Lipinski definition) is 2. The number of nitrogens with zero attached hydrogens (tertiary/aromatic N) is 1. The van der Waals surface area contributed by atoms with Gasteiger partial charge in [0.1, 0.15) is 0 Å². The zero-order valence-electron chi connectivity index (χ0n) is 11.3. The summed E-state index contributed by atoms with van der Waals surface area (Å²) in [6.07, 6.45) is 2.21. The van der Waals surface area contributed by atoms with E-state index in [0.717, 1.165) is 19.6 Å². The summed E-state index contributed by atoms with van der Waals surface area (Å²) < 4.78 is 2.40. The zero-order valence-corrected chi connectivity index (χ0v) is 12.1. The molecule has 19 heavy (non-hydrogen) atoms. The predicted octanol–water partition coefficient (Wildman–Crippen LogP) is 3.49. The van der Waals surface area contributed by atoms with E-state index in [1.807, 2.05) is 11.8 Å². The molecular weight excluding hydrogens is 252 g/mol. The standard InChI is InChI=1S/C16H20N2S/c1-2-17-10-14-6-5-9-18(14)11-13-12-19-16-8-4-3-7-15(13)16/h3-9,13,17H,2,10-12H2,1H3. The van der Waals surface area contributed by atoms with Crippen LogP contribution in [0.1, 0.15) is 24.1 Å². The van der Waals surface area contributed by atoms with Gasteiger partial charge in [-0.1, -0.05) is 25.1 Å². The first-order valence-electron chi connectivity index (χ1n) is 6.95. The number of benzene rings is 1. The molecule has 1 atom stereocenters. The monoisotopic (exact) mass is 272 g/mol. The second kappa shape index (κ2) is 5.85. The lowest BCUT2D eigenvalue weighted by atomic mass is 10.0. The highest BCUT2D eigenvalue weighted by Gasteiger charge is 2.23. The third-order valence-electron chi connectivity index (χ3n) is 3.70. The Hall–Kier alpha value is -1.19. The van der Waals surface area contributed by atoms with Crippen molar-refractivity contribution in [2.75, 3.05) is 12.3 Å². The highest BCUT2D eigenvalue weighted by atomic mass is 32.2. The number of fused-ring (bicyclic) bond motifs is 1. The zero-order chi connectivity index (χ0) is 13.1. The first-order valence-corrected chi connectivity index (χ1v) is 7.93. The van der Waals surface area contributed by atoms with Crippen molar-refractivity contribution in [1.82, 2.24) is 9.88 Å². The molecule has 1 N–H and O–H groups in total. The minimum Gasteiger partial charge on any atom is -0.350 e. The van der Waals surface area contributed by atoms with E-state index in [4.69, 9.17) is 0 Å². The van der Waals surface area contributed by atoms with Crippen molar-refractivity contribution in [2.24, 2.45) is 0 Å². The van der Waals surface area contributed by atoms with Gasteiger partial charge in [-0.05, 0) is 30.3 Å². The van der Waals surface area contributed by atoms with Crippen molar-refractivity contribution in [3.05, 3.63) is 53.9 Å². The molecule has 1 aliphatic heterocycles. The summed E-state index contributed by atoms with van der Waals surface area (Å²) in [5.74, 6) is 1.85. The Labute approximate surface area is 119 Å². The van der Waals surface area contributed by atoms with Gasteiger partial charge in [0.25, 0.3) is 0 Å². The van der Waals surface area contributed by atoms with E-state index in [1.165, 1.54) is 21.9 Å². The minimum atomic E-state index is 0.647. The molecule has 0 spiro atoms. The third kappa shape index (κ3) is 2.72. The van der Waals surface area contributed by atoms with Crippen LogP contribution < -0.4 is 5.32 Å². The fourth-order valence-corrected chi connectivity index (χ4v) is 3.90. The summed E-state index contributed by atoms with van der Waals surface area (Å²) in [7, 11) is 0. The molecule has 1 aromatic carbocycles. The number of rotatable bonds is 5. The fraction of sp³-hybridized carbons (Fsp3) is 0.375. The molecule has 0 aliphatic carbocycles. The van der Waals surface area contributed by atoms with Crippen molar-refractivity contribution in [1.29, 1.82) is 0 Å². The summed E-state index contributed by atoms with van der Waals surface area (Å²) >= 11 is 1.99. The van der Waals surface area contributed by atoms with E-state index in [-0.39, 0.29) is 0 Å². The first-order chi connectivity index (χ1) is 9.38. The van der Waals surface area contributed by atoms with Crippen LogP contribution in [-0.2, 0) is 13.1 Å². The number of thioether (sulfide) groups is 1. The SMILES string of the molecule is CCNCc1cccn1CC1CSc2ccccc21. The van der Waals surface area contributed by atoms with Crippen LogP contribution in [0.25, 0.3) is 0 Å². The van der Waals surface area contributed by atoms with Crippen LogP contribution >= 0.6 is 11.8 Å². The van der Waals surface area contributed by atoms with Gasteiger partial charge in [0.2, 0.25) is 0 Å². The molecule has 2 nitrogen and oxygen atoms in total. The lowest BCUT2D eigenvalue weighted by molar-refractivity contribution is 0.568. The van der Waals surface area contributed by atoms with Gasteiger partial charge in [-0.25, -0.2) is 0 Å². The number of nitrogens with one attached hydrogen (secondary N) is 1. The van der Waals surface area contributed by atoms with Crippen LogP contribution in [0.4, 0.5) is 0 Å². The molecule has 1 aromatic heterocycles. The Kier molecular flexibility index (Phi) is 3.95. The van der Waals surface area contributed by atoms with Gasteiger partial charge < -0.3 is 9.88 Å². The highest BCUT2D eigenvalue weighted by molar-refractivity contribution is 7.99. The molecule has 0 bridgehead atoms. The number of hydrogen-bond donors (Lipinski definition) is 1. The topological polar surface area (TPSA) is 17.0 Å². The average Bonchev–Trinajstić information content (AvgIpc) is 3.05. The Morgan fingerprint density at radius 2 is 2.16 bits per heavy atom. The van der Waals surface area contributed by atoms with Crippen LogP contribution in [0.15, 0.2) is 47.5 Å². The number of aromatic nitrogens is 1. The molecule has 2 aromatic rings. The Morgan fingerprint density at radius 1 is 1.26 bits per heavy atom. The molecule has 0 saturated heterocycles. The quantitative estimate of drug-likeness (QED) is 0.897. The Balaban J connectivity index is 1.74. The van der Waals surface area contributed by atoms with E-state index in [1.54, 1.807) is 0 Å². The van der Waals surface area contributed by atoms with Crippen LogP contribution in [0, 0.1) is 0 Å². The maximum absolute atomic E-state index is 3.41. The van der Waals surface area contributed by atoms with Gasteiger partial charge in [-0.15, -0.1) is 11.8 Å². The van der Waals surface area contributed by atoms with Gasteiger partial charge in [-0.2, -0.15) is 0 Å². The van der Waals surface area contributed by atoms with E-state index < -0.39 is 0 Å². The van der Waals surface area contributed by atoms with Crippen molar-refractivity contribution in [3.8, 4) is 0 Å². The van der Waals surface area contributed by atoms with E-state index in [9.17, 15) is 0 Å². The lowest BCUT2D eigenvalue weighted by Crippen LogP contribution is -2.17. The van der Waals surface area contributed by atoms with Crippen molar-refractivity contribution < 1.29 is 0 Å². The van der Waals surface area contributed by atoms with E-state index in [0.29, 0.717) is 5.92 Å². The van der Waals surface area contributed by atoms with Crippen LogP contribution in [0.3, 0.4) is 0 Å². The van der Waals surface area contributed by atoms with Gasteiger partial charge in [0.05, 0.1) is 0 Å². The smallest absolute Gasteiger partial charge is 0.0359 e. The first kappa shape index (κ1) is 12.8. The summed E-state index contributed by atoms with van der Waals surface area (Å²) in [5.41, 5.74) is 2.91. The predicted molar refractivity (Wildman–Crippen MR) is 81.7 cm³/mol. The second-order valence-electron chi connectivity index (χ2n) is 4.98. The summed E-state index contributed by atoms with van der Waals surface area (Å²) in [6, 6.07) is 13.2. The molecule has 0 fully saturated rings. The Bertz CT molecular complexity index is 547. The minimum absolute atomic E-state index is 0.647. The molecule has 2 heterocycles. The van der Waals surface area contributed by atoms with Gasteiger partial charge in [0.15, 0.2) is 0 Å². The van der Waals surface area contributed by atoms with Crippen LogP contribution in [0.2, 0.25) is 0 Å². The Morgan fingerprint density at radius 3 is 3.05 bits per heavy atom. The largest absolute Gasteiger partial charge is 0.350 e. The van der Waals surface area contributed by atoms with E-state index in [2.05, 4.69) is 59.4 Å². The molecule has 3 rings (SSSR count). The van der Waals surface area contributed by atoms with E-state index >= 15 is 0 Å². The van der Waals surface area contributed by atoms with Crippen LogP contribution in [-0.4, -0.2) is 16.9 Å². The average molecular weight is 272 g/mol. The molecule has 0 amide bonds. The molecule has 1 aliphatic rings. The summed E-state index contributed by atoms with van der Waals surface area (Å²) in [5, 5.41) is 3.41. The molecule has 0 saturated carbocycles. The summed E-state index contributed by atoms with van der Waals surface area (Å²) in [6.45, 7) is 5.23. The van der Waals surface area contributed by atoms with Crippen molar-refractivity contribution in [2.45, 2.75) is 30.8 Å². The summed E-state index contributed by atoms with van der Waals surface area (Å²) in [4.78, 5) is 1.47. The third-order valence-corrected chi connectivity index (χ3v) is 4.95. The highest BCUT2D eigenvalue weighted by Crippen LogP contribution is 2.40. The van der Waals surface area contributed by atoms with Gasteiger partial charge in [-0.3, -0.25) is 0 Å². The maximum atomic E-state index is 3.41. The van der Waals surface area contributed by atoms with Gasteiger partial charge >= 0.3 is 0 Å². The molecule has 100 valence electrons. The fourth-order valence-electron chi connectivity index (χ4n) is 2.66. The van der Waals surface area contributed by atoms with Crippen molar-refractivity contribution in [3.63, 3.8) is 0 Å². The lowest BCUT2D eigenvalue weighted by Gasteiger charge is -2.15. The normalized spacial score (nSPS) is 17.6. The van der Waals surface area contributed by atoms with Crippen LogP contribution in [0.5, 0.6) is 0 Å².